The first-order valence-electron chi connectivity index (χ1n) is 9.07. The molecule has 2 aliphatic rings. The molecule has 1 aromatic rings. The number of ether oxygens (including phenoxy) is 1. The molecule has 0 bridgehead atoms. The molecule has 1 aliphatic heterocycles. The number of esters is 1. The minimum atomic E-state index is -0.233. The predicted molar refractivity (Wildman–Crippen MR) is 111 cm³/mol. The van der Waals surface area contributed by atoms with E-state index in [2.05, 4.69) is 17.6 Å². The van der Waals surface area contributed by atoms with Gasteiger partial charge < -0.3 is 15.4 Å². The van der Waals surface area contributed by atoms with E-state index in [1.807, 2.05) is 18.7 Å². The highest BCUT2D eigenvalue weighted by Crippen LogP contribution is 2.40. The molecule has 2 heterocycles. The van der Waals surface area contributed by atoms with Crippen molar-refractivity contribution in [3.63, 3.8) is 0 Å². The van der Waals surface area contributed by atoms with E-state index in [0.29, 0.717) is 29.2 Å². The average Bonchev–Trinajstić information content (AvgIpc) is 2.95. The van der Waals surface area contributed by atoms with Crippen LogP contribution in [0.4, 0.5) is 5.00 Å². The van der Waals surface area contributed by atoms with Crippen LogP contribution < -0.4 is 10.6 Å². The largest absolute Gasteiger partial charge is 0.462 e. The van der Waals surface area contributed by atoms with Crippen LogP contribution in [0.3, 0.4) is 0 Å². The summed E-state index contributed by atoms with van der Waals surface area (Å²) in [7, 11) is 0. The molecule has 1 saturated carbocycles. The molecule has 0 unspecified atom stereocenters. The van der Waals surface area contributed by atoms with Gasteiger partial charge in [0.2, 0.25) is 0 Å². The lowest BCUT2D eigenvalue weighted by atomic mass is 9.86. The van der Waals surface area contributed by atoms with Crippen LogP contribution in [-0.2, 0) is 16.9 Å². The van der Waals surface area contributed by atoms with Crippen molar-refractivity contribution in [2.45, 2.75) is 57.7 Å². The van der Waals surface area contributed by atoms with E-state index in [-0.39, 0.29) is 5.97 Å². The van der Waals surface area contributed by atoms with Gasteiger partial charge in [0.25, 0.3) is 0 Å². The Bertz CT molecular complexity index is 645. The fraction of sp³-hybridized carbons (Fsp3) is 0.667. The Labute approximate surface area is 163 Å². The summed E-state index contributed by atoms with van der Waals surface area (Å²) in [6.45, 7) is 4.51. The number of hydrogen-bond acceptors (Lipinski definition) is 5. The smallest absolute Gasteiger partial charge is 0.341 e. The van der Waals surface area contributed by atoms with E-state index in [9.17, 15) is 4.79 Å². The molecule has 1 aliphatic carbocycles. The van der Waals surface area contributed by atoms with Crippen LogP contribution in [0.5, 0.6) is 0 Å². The van der Waals surface area contributed by atoms with Crippen LogP contribution in [0.2, 0.25) is 0 Å². The van der Waals surface area contributed by atoms with Gasteiger partial charge in [0.15, 0.2) is 5.11 Å². The van der Waals surface area contributed by atoms with Gasteiger partial charge in [0.1, 0.15) is 5.00 Å². The lowest BCUT2D eigenvalue weighted by molar-refractivity contribution is 0.0527. The monoisotopic (exact) mass is 398 g/mol. The summed E-state index contributed by atoms with van der Waals surface area (Å²) in [6.07, 6.45) is 5.89. The summed E-state index contributed by atoms with van der Waals surface area (Å²) < 4.78 is 5.30. The van der Waals surface area contributed by atoms with Crippen LogP contribution in [0.25, 0.3) is 0 Å². The van der Waals surface area contributed by atoms with Crippen LogP contribution in [0, 0.1) is 5.92 Å². The molecule has 2 N–H and O–H groups in total. The number of nitrogens with one attached hydrogen (secondary N) is 2. The molecule has 0 saturated heterocycles. The van der Waals surface area contributed by atoms with Crippen LogP contribution in [-0.4, -0.2) is 29.5 Å². The quantitative estimate of drug-likeness (QED) is 0.572. The topological polar surface area (TPSA) is 50.4 Å². The summed E-state index contributed by atoms with van der Waals surface area (Å²) >= 11 is 9.11. The predicted octanol–water partition coefficient (Wildman–Crippen LogP) is 4.58. The van der Waals surface area contributed by atoms with Gasteiger partial charge in [-0.25, -0.2) is 4.79 Å². The Morgan fingerprint density at radius 1 is 1.36 bits per heavy atom. The number of thiophene rings is 1. The van der Waals surface area contributed by atoms with Crippen LogP contribution in [0.1, 0.15) is 60.3 Å². The van der Waals surface area contributed by atoms with E-state index in [4.69, 9.17) is 17.0 Å². The lowest BCUT2D eigenvalue weighted by Gasteiger charge is -2.30. The molecule has 3 rings (SSSR count). The van der Waals surface area contributed by atoms with Gasteiger partial charge in [0, 0.05) is 16.7 Å². The molecule has 25 heavy (non-hydrogen) atoms. The maximum atomic E-state index is 12.5. The number of fused-ring (bicyclic) bond motifs is 1. The van der Waals surface area contributed by atoms with Crippen molar-refractivity contribution >= 4 is 51.4 Å². The third-order valence-electron chi connectivity index (χ3n) is 4.95. The van der Waals surface area contributed by atoms with E-state index >= 15 is 0 Å². The number of thiocarbonyl (C=S) groups is 1. The molecule has 0 aromatic carbocycles. The molecule has 4 nitrogen and oxygen atoms in total. The third-order valence-corrected chi connectivity index (χ3v) is 7.49. The second-order valence-corrected chi connectivity index (χ2v) is 9.32. The Hall–Kier alpha value is -0.790. The van der Waals surface area contributed by atoms with Gasteiger partial charge in [-0.2, -0.15) is 11.8 Å². The summed E-state index contributed by atoms with van der Waals surface area (Å²) in [5.41, 5.74) is 1.85. The van der Waals surface area contributed by atoms with E-state index in [0.717, 1.165) is 34.9 Å². The molecule has 0 spiro atoms. The summed E-state index contributed by atoms with van der Waals surface area (Å²) in [4.78, 5) is 13.8. The van der Waals surface area contributed by atoms with Gasteiger partial charge >= 0.3 is 5.97 Å². The van der Waals surface area contributed by atoms with Crippen LogP contribution in [0.15, 0.2) is 0 Å². The first kappa shape index (κ1) is 19.0. The first-order valence-corrected chi connectivity index (χ1v) is 11.4. The van der Waals surface area contributed by atoms with Gasteiger partial charge in [-0.1, -0.05) is 19.8 Å². The second-order valence-electron chi connectivity index (χ2n) is 6.70. The summed E-state index contributed by atoms with van der Waals surface area (Å²) in [5, 5.41) is 8.23. The highest BCUT2D eigenvalue weighted by Gasteiger charge is 2.28. The minimum absolute atomic E-state index is 0.233. The van der Waals surface area contributed by atoms with Gasteiger partial charge in [-0.15, -0.1) is 11.3 Å². The zero-order chi connectivity index (χ0) is 17.8. The Balaban J connectivity index is 1.75. The van der Waals surface area contributed by atoms with Gasteiger partial charge in [0.05, 0.1) is 12.2 Å². The summed E-state index contributed by atoms with van der Waals surface area (Å²) in [6, 6.07) is 0.421. The van der Waals surface area contributed by atoms with E-state index in [1.54, 1.807) is 11.3 Å². The average molecular weight is 399 g/mol. The molecule has 138 valence electrons. The zero-order valence-electron chi connectivity index (χ0n) is 14.9. The molecular formula is C18H26N2O2S3. The number of anilines is 1. The zero-order valence-corrected chi connectivity index (χ0v) is 17.3. The number of rotatable bonds is 4. The molecule has 0 amide bonds. The fourth-order valence-electron chi connectivity index (χ4n) is 3.58. The standard InChI is InChI=1S/C18H26N2O2S3/c1-3-22-17(21)15-12-8-9-24-10-14(12)25-16(15)20-18(23)19-13-7-5-4-6-11(13)2/h11,13H,3-10H2,1-2H3,(H2,19,20,23)/t11-,13+/m0/s1. The molecule has 1 aromatic heterocycles. The normalized spacial score (nSPS) is 22.8. The minimum Gasteiger partial charge on any atom is -0.462 e. The molecular weight excluding hydrogens is 372 g/mol. The second kappa shape index (κ2) is 8.73. The van der Waals surface area contributed by atoms with Gasteiger partial charge in [-0.3, -0.25) is 0 Å². The van der Waals surface area contributed by atoms with Crippen molar-refractivity contribution in [1.29, 1.82) is 0 Å². The Morgan fingerprint density at radius 3 is 2.92 bits per heavy atom. The number of thioether (sulfide) groups is 1. The maximum absolute atomic E-state index is 12.5. The van der Waals surface area contributed by atoms with E-state index < -0.39 is 0 Å². The highest BCUT2D eigenvalue weighted by atomic mass is 32.2. The first-order chi connectivity index (χ1) is 12.1. The summed E-state index contributed by atoms with van der Waals surface area (Å²) in [5.74, 6) is 2.42. The van der Waals surface area contributed by atoms with Crippen molar-refractivity contribution < 1.29 is 9.53 Å². The van der Waals surface area contributed by atoms with Crippen molar-refractivity contribution in [2.75, 3.05) is 17.7 Å². The number of hydrogen-bond donors (Lipinski definition) is 2. The highest BCUT2D eigenvalue weighted by molar-refractivity contribution is 7.98. The lowest BCUT2D eigenvalue weighted by Crippen LogP contribution is -2.43. The molecule has 7 heteroatoms. The van der Waals surface area contributed by atoms with Crippen molar-refractivity contribution in [1.82, 2.24) is 5.32 Å². The number of carbonyl (C=O) groups is 1. The van der Waals surface area contributed by atoms with Crippen LogP contribution >= 0.6 is 35.3 Å². The van der Waals surface area contributed by atoms with Crippen molar-refractivity contribution in [3.8, 4) is 0 Å². The fourth-order valence-corrected chi connectivity index (χ4v) is 6.27. The Morgan fingerprint density at radius 2 is 2.16 bits per heavy atom. The molecule has 0 radical (unpaired) electrons. The maximum Gasteiger partial charge on any atom is 0.341 e. The van der Waals surface area contributed by atoms with Crippen molar-refractivity contribution in [3.05, 3.63) is 16.0 Å². The third kappa shape index (κ3) is 4.49. The van der Waals surface area contributed by atoms with E-state index in [1.165, 1.54) is 24.1 Å². The molecule has 2 atom stereocenters. The SMILES string of the molecule is CCOC(=O)c1c(NC(=S)N[C@@H]2CCCC[C@@H]2C)sc2c1CCSC2. The van der Waals surface area contributed by atoms with Crippen molar-refractivity contribution in [2.24, 2.45) is 5.92 Å². The van der Waals surface area contributed by atoms with Gasteiger partial charge in [-0.05, 0) is 55.6 Å². The molecule has 1 fully saturated rings. The number of carbonyl (C=O) groups excluding carboxylic acids is 1. The Kier molecular flexibility index (Phi) is 6.63.